The smallest absolute Gasteiger partial charge is 0.352 e. The standard InChI is InChI=1S/C14H15NO3/c1-14(18)6-10(7-14)8-2-3-9-5-12(13(16)17)15-11(9)4-8/h2-5,10,15,18H,6-7H2,1H3,(H,16,17). The van der Waals surface area contributed by atoms with Crippen LogP contribution < -0.4 is 0 Å². The van der Waals surface area contributed by atoms with Crippen molar-refractivity contribution in [2.24, 2.45) is 0 Å². The largest absolute Gasteiger partial charge is 0.477 e. The second kappa shape index (κ2) is 3.59. The van der Waals surface area contributed by atoms with E-state index >= 15 is 0 Å². The Hall–Kier alpha value is -1.81. The highest BCUT2D eigenvalue weighted by Crippen LogP contribution is 2.44. The van der Waals surface area contributed by atoms with Gasteiger partial charge in [0.1, 0.15) is 5.69 Å². The molecule has 0 amide bonds. The van der Waals surface area contributed by atoms with E-state index in [4.69, 9.17) is 5.11 Å². The molecule has 0 radical (unpaired) electrons. The normalized spacial score (nSPS) is 27.1. The van der Waals surface area contributed by atoms with Crippen molar-refractivity contribution < 1.29 is 15.0 Å². The minimum absolute atomic E-state index is 0.211. The number of aromatic nitrogens is 1. The van der Waals surface area contributed by atoms with Gasteiger partial charge in [0.15, 0.2) is 0 Å². The third-order valence-corrected chi connectivity index (χ3v) is 3.72. The maximum Gasteiger partial charge on any atom is 0.352 e. The topological polar surface area (TPSA) is 73.3 Å². The fraction of sp³-hybridized carbons (Fsp3) is 0.357. The Labute approximate surface area is 104 Å². The zero-order valence-electron chi connectivity index (χ0n) is 10.1. The Balaban J connectivity index is 1.94. The number of aliphatic hydroxyl groups is 1. The van der Waals surface area contributed by atoms with Crippen LogP contribution in [0.5, 0.6) is 0 Å². The first-order chi connectivity index (χ1) is 8.44. The number of nitrogens with one attached hydrogen (secondary N) is 1. The lowest BCUT2D eigenvalue weighted by molar-refractivity contribution is -0.0313. The van der Waals surface area contributed by atoms with E-state index in [9.17, 15) is 9.90 Å². The predicted octanol–water partition coefficient (Wildman–Crippen LogP) is 2.49. The first-order valence-electron chi connectivity index (χ1n) is 6.03. The molecular formula is C14H15NO3. The van der Waals surface area contributed by atoms with Gasteiger partial charge in [0, 0.05) is 10.9 Å². The molecule has 2 aromatic rings. The van der Waals surface area contributed by atoms with Gasteiger partial charge in [-0.1, -0.05) is 12.1 Å². The van der Waals surface area contributed by atoms with Gasteiger partial charge >= 0.3 is 5.97 Å². The molecule has 0 bridgehead atoms. The molecule has 1 aromatic carbocycles. The van der Waals surface area contributed by atoms with Crippen LogP contribution in [0.15, 0.2) is 24.3 Å². The van der Waals surface area contributed by atoms with Gasteiger partial charge in [0.05, 0.1) is 5.60 Å². The molecule has 4 nitrogen and oxygen atoms in total. The zero-order valence-corrected chi connectivity index (χ0v) is 10.1. The lowest BCUT2D eigenvalue weighted by Crippen LogP contribution is -2.39. The average Bonchev–Trinajstić information content (AvgIpc) is 2.68. The molecule has 1 saturated carbocycles. The summed E-state index contributed by atoms with van der Waals surface area (Å²) in [5.41, 5.74) is 1.67. The van der Waals surface area contributed by atoms with Crippen molar-refractivity contribution in [1.82, 2.24) is 4.98 Å². The van der Waals surface area contributed by atoms with Gasteiger partial charge in [-0.15, -0.1) is 0 Å². The summed E-state index contributed by atoms with van der Waals surface area (Å²) in [6.07, 6.45) is 1.54. The number of H-pyrrole nitrogens is 1. The van der Waals surface area contributed by atoms with Gasteiger partial charge in [-0.2, -0.15) is 0 Å². The van der Waals surface area contributed by atoms with Gasteiger partial charge in [-0.05, 0) is 43.4 Å². The third-order valence-electron chi connectivity index (χ3n) is 3.72. The van der Waals surface area contributed by atoms with E-state index in [0.29, 0.717) is 5.92 Å². The highest BCUT2D eigenvalue weighted by atomic mass is 16.4. The molecule has 4 heteroatoms. The van der Waals surface area contributed by atoms with E-state index in [2.05, 4.69) is 4.98 Å². The van der Waals surface area contributed by atoms with E-state index in [1.165, 1.54) is 0 Å². The number of fused-ring (bicyclic) bond motifs is 1. The van der Waals surface area contributed by atoms with Crippen LogP contribution in [0, 0.1) is 0 Å². The minimum Gasteiger partial charge on any atom is -0.477 e. The second-order valence-electron chi connectivity index (χ2n) is 5.44. The van der Waals surface area contributed by atoms with Crippen molar-refractivity contribution in [3.05, 3.63) is 35.5 Å². The summed E-state index contributed by atoms with van der Waals surface area (Å²) in [7, 11) is 0. The Morgan fingerprint density at radius 2 is 2.11 bits per heavy atom. The molecule has 1 fully saturated rings. The van der Waals surface area contributed by atoms with Gasteiger partial charge in [-0.3, -0.25) is 0 Å². The SMILES string of the molecule is CC1(O)CC(c2ccc3cc(C(=O)O)[nH]c3c2)C1. The van der Waals surface area contributed by atoms with Crippen LogP contribution in [0.1, 0.15) is 41.7 Å². The lowest BCUT2D eigenvalue weighted by Gasteiger charge is -2.41. The van der Waals surface area contributed by atoms with Gasteiger partial charge in [0.2, 0.25) is 0 Å². The van der Waals surface area contributed by atoms with Crippen molar-refractivity contribution in [1.29, 1.82) is 0 Å². The molecule has 1 aromatic heterocycles. The molecule has 0 atom stereocenters. The Kier molecular flexibility index (Phi) is 2.25. The van der Waals surface area contributed by atoms with E-state index in [1.54, 1.807) is 6.07 Å². The predicted molar refractivity (Wildman–Crippen MR) is 67.9 cm³/mol. The molecule has 0 aliphatic heterocycles. The number of carboxylic acids is 1. The van der Waals surface area contributed by atoms with Gasteiger partial charge in [-0.25, -0.2) is 4.79 Å². The number of aromatic amines is 1. The highest BCUT2D eigenvalue weighted by molar-refractivity contribution is 5.93. The van der Waals surface area contributed by atoms with Crippen molar-refractivity contribution in [3.8, 4) is 0 Å². The number of rotatable bonds is 2. The summed E-state index contributed by atoms with van der Waals surface area (Å²) in [6.45, 7) is 1.85. The van der Waals surface area contributed by atoms with E-state index < -0.39 is 11.6 Å². The molecular weight excluding hydrogens is 230 g/mol. The lowest BCUT2D eigenvalue weighted by atomic mass is 9.69. The number of carbonyl (C=O) groups is 1. The van der Waals surface area contributed by atoms with E-state index in [-0.39, 0.29) is 5.69 Å². The summed E-state index contributed by atoms with van der Waals surface area (Å²) in [5, 5.41) is 19.6. The van der Waals surface area contributed by atoms with Crippen LogP contribution >= 0.6 is 0 Å². The van der Waals surface area contributed by atoms with E-state index in [1.807, 2.05) is 25.1 Å². The molecule has 1 aliphatic carbocycles. The highest BCUT2D eigenvalue weighted by Gasteiger charge is 2.39. The van der Waals surface area contributed by atoms with Crippen LogP contribution in [0.3, 0.4) is 0 Å². The Morgan fingerprint density at radius 3 is 2.72 bits per heavy atom. The molecule has 0 spiro atoms. The Morgan fingerprint density at radius 1 is 1.39 bits per heavy atom. The molecule has 0 saturated heterocycles. The molecule has 1 heterocycles. The van der Waals surface area contributed by atoms with Crippen LogP contribution in [0.25, 0.3) is 10.9 Å². The molecule has 3 rings (SSSR count). The summed E-state index contributed by atoms with van der Waals surface area (Å²) in [5.74, 6) is -0.569. The third kappa shape index (κ3) is 1.78. The second-order valence-corrected chi connectivity index (χ2v) is 5.44. The summed E-state index contributed by atoms with van der Waals surface area (Å²) >= 11 is 0. The van der Waals surface area contributed by atoms with Crippen LogP contribution in [-0.2, 0) is 0 Å². The molecule has 1 aliphatic rings. The van der Waals surface area contributed by atoms with Crippen LogP contribution in [0.4, 0.5) is 0 Å². The molecule has 3 N–H and O–H groups in total. The number of carboxylic acid groups (broad SMARTS) is 1. The maximum atomic E-state index is 10.9. The average molecular weight is 245 g/mol. The van der Waals surface area contributed by atoms with Crippen molar-refractivity contribution in [2.45, 2.75) is 31.3 Å². The van der Waals surface area contributed by atoms with E-state index in [0.717, 1.165) is 29.3 Å². The van der Waals surface area contributed by atoms with Crippen LogP contribution in [-0.4, -0.2) is 26.8 Å². The van der Waals surface area contributed by atoms with Crippen molar-refractivity contribution in [2.75, 3.05) is 0 Å². The number of benzene rings is 1. The van der Waals surface area contributed by atoms with Crippen LogP contribution in [0.2, 0.25) is 0 Å². The summed E-state index contributed by atoms with van der Waals surface area (Å²) in [6, 6.07) is 7.57. The fourth-order valence-corrected chi connectivity index (χ4v) is 2.75. The fourth-order valence-electron chi connectivity index (χ4n) is 2.75. The minimum atomic E-state index is -0.945. The summed E-state index contributed by atoms with van der Waals surface area (Å²) in [4.78, 5) is 13.8. The summed E-state index contributed by atoms with van der Waals surface area (Å²) < 4.78 is 0. The van der Waals surface area contributed by atoms with Crippen molar-refractivity contribution >= 4 is 16.9 Å². The van der Waals surface area contributed by atoms with Gasteiger partial charge < -0.3 is 15.2 Å². The first-order valence-corrected chi connectivity index (χ1v) is 6.03. The number of aromatic carboxylic acids is 1. The molecule has 18 heavy (non-hydrogen) atoms. The molecule has 0 unspecified atom stereocenters. The monoisotopic (exact) mass is 245 g/mol. The Bertz CT molecular complexity index is 619. The zero-order chi connectivity index (χ0) is 12.9. The quantitative estimate of drug-likeness (QED) is 0.761. The molecule has 94 valence electrons. The van der Waals surface area contributed by atoms with Crippen molar-refractivity contribution in [3.63, 3.8) is 0 Å². The van der Waals surface area contributed by atoms with Gasteiger partial charge in [0.25, 0.3) is 0 Å². The number of hydrogen-bond donors (Lipinski definition) is 3. The first kappa shape index (κ1) is 11.3. The maximum absolute atomic E-state index is 10.9. The number of hydrogen-bond acceptors (Lipinski definition) is 2.